The lowest BCUT2D eigenvalue weighted by molar-refractivity contribution is -0.385. The predicted molar refractivity (Wildman–Crippen MR) is 60.2 cm³/mol. The van der Waals surface area contributed by atoms with Gasteiger partial charge in [-0.3, -0.25) is 10.1 Å². The second-order valence-corrected chi connectivity index (χ2v) is 3.52. The summed E-state index contributed by atoms with van der Waals surface area (Å²) >= 11 is 5.92. The lowest BCUT2D eigenvalue weighted by Gasteiger charge is -1.97. The van der Waals surface area contributed by atoms with E-state index in [2.05, 4.69) is 15.1 Å². The van der Waals surface area contributed by atoms with Crippen molar-refractivity contribution >= 4 is 17.3 Å². The molecule has 0 N–H and O–H groups in total. The van der Waals surface area contributed by atoms with Crippen LogP contribution >= 0.6 is 11.6 Å². The van der Waals surface area contributed by atoms with Crippen molar-refractivity contribution < 1.29 is 4.92 Å². The summed E-state index contributed by atoms with van der Waals surface area (Å²) in [6.45, 7) is 1.77. The van der Waals surface area contributed by atoms with Crippen LogP contribution in [0.3, 0.4) is 0 Å². The van der Waals surface area contributed by atoms with Crippen LogP contribution in [-0.2, 0) is 6.42 Å². The summed E-state index contributed by atoms with van der Waals surface area (Å²) in [5.74, 6) is 0.209. The van der Waals surface area contributed by atoms with Gasteiger partial charge >= 0.3 is 5.69 Å². The van der Waals surface area contributed by atoms with Crippen LogP contribution in [0.1, 0.15) is 12.6 Å². The zero-order valence-corrected chi connectivity index (χ0v) is 9.63. The fourth-order valence-corrected chi connectivity index (χ4v) is 1.67. The Hall–Kier alpha value is -2.02. The fraction of sp³-hybridized carbons (Fsp3) is 0.222. The van der Waals surface area contributed by atoms with E-state index in [0.717, 1.165) is 0 Å². The summed E-state index contributed by atoms with van der Waals surface area (Å²) in [7, 11) is 0. The van der Waals surface area contributed by atoms with Crippen LogP contribution in [0.4, 0.5) is 5.69 Å². The van der Waals surface area contributed by atoms with E-state index in [1.165, 1.54) is 17.1 Å². The molecule has 0 spiro atoms. The van der Waals surface area contributed by atoms with Crippen LogP contribution in [0, 0.1) is 10.1 Å². The summed E-state index contributed by atoms with van der Waals surface area (Å²) in [6, 6.07) is 1.63. The second-order valence-electron chi connectivity index (χ2n) is 3.16. The Morgan fingerprint density at radius 2 is 2.12 bits per heavy atom. The first-order chi connectivity index (χ1) is 8.15. The third kappa shape index (κ3) is 1.96. The molecule has 17 heavy (non-hydrogen) atoms. The van der Waals surface area contributed by atoms with Gasteiger partial charge in [0.05, 0.1) is 4.92 Å². The average Bonchev–Trinajstić information content (AvgIpc) is 2.67. The first-order valence-electron chi connectivity index (χ1n) is 4.84. The van der Waals surface area contributed by atoms with E-state index in [1.54, 1.807) is 13.0 Å². The van der Waals surface area contributed by atoms with Crippen molar-refractivity contribution in [1.82, 2.24) is 19.7 Å². The fourth-order valence-electron chi connectivity index (χ4n) is 1.38. The molecule has 0 saturated heterocycles. The molecule has 0 bridgehead atoms. The Labute approximate surface area is 101 Å². The number of hydrogen-bond donors (Lipinski definition) is 0. The van der Waals surface area contributed by atoms with E-state index in [9.17, 15) is 10.1 Å². The Morgan fingerprint density at radius 1 is 1.47 bits per heavy atom. The highest BCUT2D eigenvalue weighted by Gasteiger charge is 2.26. The minimum Gasteiger partial charge on any atom is -0.258 e. The monoisotopic (exact) mass is 253 g/mol. The molecule has 2 heterocycles. The van der Waals surface area contributed by atoms with E-state index in [-0.39, 0.29) is 16.8 Å². The zero-order chi connectivity index (χ0) is 12.4. The molecule has 0 aliphatic carbocycles. The van der Waals surface area contributed by atoms with Gasteiger partial charge in [0.1, 0.15) is 5.69 Å². The molecule has 88 valence electrons. The molecule has 0 aliphatic rings. The highest BCUT2D eigenvalue weighted by atomic mass is 35.5. The highest BCUT2D eigenvalue weighted by Crippen LogP contribution is 2.29. The molecule has 2 rings (SSSR count). The molecule has 0 radical (unpaired) electrons. The normalized spacial score (nSPS) is 10.5. The van der Waals surface area contributed by atoms with Crippen molar-refractivity contribution in [3.05, 3.63) is 39.4 Å². The third-order valence-corrected chi connectivity index (χ3v) is 2.47. The number of hydrogen-bond acceptors (Lipinski definition) is 5. The molecule has 8 heteroatoms. The number of aromatic nitrogens is 4. The molecule has 2 aromatic heterocycles. The first-order valence-corrected chi connectivity index (χ1v) is 5.22. The van der Waals surface area contributed by atoms with Crippen LogP contribution in [0.5, 0.6) is 0 Å². The molecule has 0 aromatic carbocycles. The van der Waals surface area contributed by atoms with Crippen molar-refractivity contribution in [2.45, 2.75) is 13.3 Å². The van der Waals surface area contributed by atoms with Crippen LogP contribution in [0.15, 0.2) is 18.5 Å². The Kier molecular flexibility index (Phi) is 3.01. The molecular weight excluding hydrogens is 246 g/mol. The number of rotatable bonds is 3. The molecule has 0 amide bonds. The van der Waals surface area contributed by atoms with Gasteiger partial charge in [-0.2, -0.15) is 9.78 Å². The maximum atomic E-state index is 10.9. The van der Waals surface area contributed by atoms with Gasteiger partial charge in [0, 0.05) is 12.4 Å². The van der Waals surface area contributed by atoms with Crippen LogP contribution < -0.4 is 0 Å². The first kappa shape index (κ1) is 11.5. The van der Waals surface area contributed by atoms with Gasteiger partial charge < -0.3 is 0 Å². The van der Waals surface area contributed by atoms with Crippen molar-refractivity contribution in [2.24, 2.45) is 0 Å². The zero-order valence-electron chi connectivity index (χ0n) is 8.87. The third-order valence-electron chi connectivity index (χ3n) is 2.13. The molecular formula is C9H8ClN5O2. The van der Waals surface area contributed by atoms with Gasteiger partial charge in [0.25, 0.3) is 5.95 Å². The Morgan fingerprint density at radius 3 is 2.59 bits per heavy atom. The summed E-state index contributed by atoms with van der Waals surface area (Å²) in [4.78, 5) is 18.2. The summed E-state index contributed by atoms with van der Waals surface area (Å²) < 4.78 is 1.17. The van der Waals surface area contributed by atoms with E-state index in [1.807, 2.05) is 0 Å². The number of halogens is 1. The lowest BCUT2D eigenvalue weighted by atomic mass is 10.3. The standard InChI is InChI=1S/C9H8ClN5O2/c1-2-6-7(15(16)17)8(10)14(13-6)9-11-4-3-5-12-9/h3-5H,2H2,1H3. The molecule has 0 unspecified atom stereocenters. The molecule has 0 atom stereocenters. The predicted octanol–water partition coefficient (Wildman–Crippen LogP) is 1.79. The second kappa shape index (κ2) is 4.46. The van der Waals surface area contributed by atoms with Crippen molar-refractivity contribution in [1.29, 1.82) is 0 Å². The van der Waals surface area contributed by atoms with Crippen molar-refractivity contribution in [3.8, 4) is 5.95 Å². The van der Waals surface area contributed by atoms with Gasteiger partial charge in [0.15, 0.2) is 0 Å². The SMILES string of the molecule is CCc1nn(-c2ncccn2)c(Cl)c1[N+](=O)[O-]. The quantitative estimate of drug-likeness (QED) is 0.615. The molecule has 2 aromatic rings. The smallest absolute Gasteiger partial charge is 0.258 e. The number of nitrogens with zero attached hydrogens (tertiary/aromatic N) is 5. The lowest BCUT2D eigenvalue weighted by Crippen LogP contribution is -2.02. The largest absolute Gasteiger partial charge is 0.329 e. The maximum Gasteiger partial charge on any atom is 0.329 e. The summed E-state index contributed by atoms with van der Waals surface area (Å²) in [5.41, 5.74) is 0.120. The minimum absolute atomic E-state index is 0.0851. The average molecular weight is 254 g/mol. The molecule has 0 fully saturated rings. The van der Waals surface area contributed by atoms with Gasteiger partial charge in [-0.1, -0.05) is 18.5 Å². The Balaban J connectivity index is 2.61. The molecule has 0 saturated carbocycles. The van der Waals surface area contributed by atoms with Gasteiger partial charge in [-0.05, 0) is 12.5 Å². The van der Waals surface area contributed by atoms with Crippen LogP contribution in [0.25, 0.3) is 5.95 Å². The minimum atomic E-state index is -0.548. The van der Waals surface area contributed by atoms with E-state index >= 15 is 0 Å². The maximum absolute atomic E-state index is 10.9. The number of nitro groups is 1. The molecule has 0 aliphatic heterocycles. The van der Waals surface area contributed by atoms with Crippen LogP contribution in [-0.4, -0.2) is 24.7 Å². The van der Waals surface area contributed by atoms with E-state index in [4.69, 9.17) is 11.6 Å². The van der Waals surface area contributed by atoms with Crippen molar-refractivity contribution in [2.75, 3.05) is 0 Å². The number of aryl methyl sites for hydroxylation is 1. The Bertz CT molecular complexity index is 554. The van der Waals surface area contributed by atoms with Crippen molar-refractivity contribution in [3.63, 3.8) is 0 Å². The van der Waals surface area contributed by atoms with Crippen LogP contribution in [0.2, 0.25) is 5.15 Å². The van der Waals surface area contributed by atoms with Gasteiger partial charge in [0.2, 0.25) is 5.15 Å². The summed E-state index contributed by atoms with van der Waals surface area (Å²) in [5, 5.41) is 14.8. The van der Waals surface area contributed by atoms with Gasteiger partial charge in [-0.15, -0.1) is 0 Å². The summed E-state index contributed by atoms with van der Waals surface area (Å²) in [6.07, 6.45) is 3.44. The molecule has 7 nitrogen and oxygen atoms in total. The van der Waals surface area contributed by atoms with Gasteiger partial charge in [-0.25, -0.2) is 9.97 Å². The highest BCUT2D eigenvalue weighted by molar-refractivity contribution is 6.32. The van der Waals surface area contributed by atoms with E-state index < -0.39 is 4.92 Å². The van der Waals surface area contributed by atoms with E-state index in [0.29, 0.717) is 12.1 Å². The topological polar surface area (TPSA) is 86.7 Å².